The van der Waals surface area contributed by atoms with Crippen LogP contribution in [0.2, 0.25) is 0 Å². The third kappa shape index (κ3) is 2.81. The van der Waals surface area contributed by atoms with Gasteiger partial charge >= 0.3 is 0 Å². The molecule has 0 radical (unpaired) electrons. The van der Waals surface area contributed by atoms with Crippen molar-refractivity contribution in [2.75, 3.05) is 5.32 Å². The van der Waals surface area contributed by atoms with Gasteiger partial charge in [0.05, 0.1) is 5.54 Å². The van der Waals surface area contributed by atoms with Crippen LogP contribution in [0.1, 0.15) is 63.0 Å². The normalized spacial score (nSPS) is 22.8. The molecule has 1 aromatic rings. The Morgan fingerprint density at radius 1 is 1.32 bits per heavy atom. The Kier molecular flexibility index (Phi) is 3.31. The fourth-order valence-electron chi connectivity index (χ4n) is 2.80. The molecule has 0 bridgehead atoms. The molecule has 2 aliphatic carbocycles. The van der Waals surface area contributed by atoms with E-state index in [1.807, 2.05) is 6.07 Å². The van der Waals surface area contributed by atoms with Crippen molar-refractivity contribution in [3.8, 4) is 0 Å². The van der Waals surface area contributed by atoms with E-state index in [0.717, 1.165) is 18.5 Å². The van der Waals surface area contributed by atoms with E-state index in [1.165, 1.54) is 38.5 Å². The largest absolute Gasteiger partial charge is 0.317 e. The Morgan fingerprint density at radius 3 is 2.63 bits per heavy atom. The number of nitrogens with two attached hydrogens (primary N) is 1. The SMILES string of the molecule is NC1(C(=O)Nc2cc(C3CCCCCC3)[nH]n2)CC1. The van der Waals surface area contributed by atoms with Gasteiger partial charge in [-0.3, -0.25) is 9.89 Å². The summed E-state index contributed by atoms with van der Waals surface area (Å²) in [5.41, 5.74) is 6.37. The minimum absolute atomic E-state index is 0.105. The number of hydrogen-bond donors (Lipinski definition) is 3. The van der Waals surface area contributed by atoms with E-state index in [-0.39, 0.29) is 5.91 Å². The fraction of sp³-hybridized carbons (Fsp3) is 0.714. The number of anilines is 1. The van der Waals surface area contributed by atoms with Crippen LogP contribution in [0, 0.1) is 0 Å². The van der Waals surface area contributed by atoms with E-state index < -0.39 is 5.54 Å². The number of aromatic amines is 1. The van der Waals surface area contributed by atoms with Crippen LogP contribution in [0.5, 0.6) is 0 Å². The summed E-state index contributed by atoms with van der Waals surface area (Å²) < 4.78 is 0. The molecule has 3 rings (SSSR count). The van der Waals surface area contributed by atoms with Gasteiger partial charge in [0, 0.05) is 17.7 Å². The molecule has 1 amide bonds. The maximum atomic E-state index is 11.8. The van der Waals surface area contributed by atoms with Gasteiger partial charge in [0.2, 0.25) is 5.91 Å². The molecular weight excluding hydrogens is 240 g/mol. The van der Waals surface area contributed by atoms with Crippen LogP contribution in [0.4, 0.5) is 5.82 Å². The maximum Gasteiger partial charge on any atom is 0.245 e. The summed E-state index contributed by atoms with van der Waals surface area (Å²) in [5.74, 6) is 1.07. The molecule has 104 valence electrons. The Hall–Kier alpha value is -1.36. The topological polar surface area (TPSA) is 83.8 Å². The molecule has 4 N–H and O–H groups in total. The highest BCUT2D eigenvalue weighted by Gasteiger charge is 2.46. The van der Waals surface area contributed by atoms with E-state index in [1.54, 1.807) is 0 Å². The first kappa shape index (κ1) is 12.7. The second-order valence-corrected chi connectivity index (χ2v) is 6.01. The van der Waals surface area contributed by atoms with Gasteiger partial charge in [0.1, 0.15) is 0 Å². The molecule has 1 heterocycles. The number of hydrogen-bond acceptors (Lipinski definition) is 3. The number of carbonyl (C=O) groups is 1. The summed E-state index contributed by atoms with van der Waals surface area (Å²) in [7, 11) is 0. The number of amides is 1. The van der Waals surface area contributed by atoms with E-state index >= 15 is 0 Å². The average molecular weight is 262 g/mol. The van der Waals surface area contributed by atoms with Crippen molar-refractivity contribution in [3.05, 3.63) is 11.8 Å². The zero-order valence-corrected chi connectivity index (χ0v) is 11.2. The maximum absolute atomic E-state index is 11.8. The second kappa shape index (κ2) is 4.96. The molecule has 0 aromatic carbocycles. The molecule has 2 aliphatic rings. The minimum atomic E-state index is -0.637. The lowest BCUT2D eigenvalue weighted by atomic mass is 9.97. The third-order valence-electron chi connectivity index (χ3n) is 4.38. The zero-order valence-electron chi connectivity index (χ0n) is 11.2. The van der Waals surface area contributed by atoms with Crippen LogP contribution in [0.25, 0.3) is 0 Å². The number of nitrogens with one attached hydrogen (secondary N) is 2. The van der Waals surface area contributed by atoms with Crippen molar-refractivity contribution in [1.29, 1.82) is 0 Å². The molecule has 0 atom stereocenters. The lowest BCUT2D eigenvalue weighted by Gasteiger charge is -2.10. The molecule has 0 saturated heterocycles. The highest BCUT2D eigenvalue weighted by atomic mass is 16.2. The van der Waals surface area contributed by atoms with Crippen molar-refractivity contribution >= 4 is 11.7 Å². The number of rotatable bonds is 3. The van der Waals surface area contributed by atoms with Crippen LogP contribution in [0.3, 0.4) is 0 Å². The summed E-state index contributed by atoms with van der Waals surface area (Å²) in [6.07, 6.45) is 9.24. The van der Waals surface area contributed by atoms with Gasteiger partial charge in [-0.25, -0.2) is 0 Å². The first-order valence-electron chi connectivity index (χ1n) is 7.33. The van der Waals surface area contributed by atoms with Crippen molar-refractivity contribution < 1.29 is 4.79 Å². The number of nitrogens with zero attached hydrogens (tertiary/aromatic N) is 1. The van der Waals surface area contributed by atoms with Crippen molar-refractivity contribution in [3.63, 3.8) is 0 Å². The molecular formula is C14H22N4O. The summed E-state index contributed by atoms with van der Waals surface area (Å²) in [5, 5.41) is 10.1. The van der Waals surface area contributed by atoms with Crippen LogP contribution in [-0.4, -0.2) is 21.6 Å². The highest BCUT2D eigenvalue weighted by Crippen LogP contribution is 2.34. The summed E-state index contributed by atoms with van der Waals surface area (Å²) in [6, 6.07) is 1.97. The smallest absolute Gasteiger partial charge is 0.245 e. The van der Waals surface area contributed by atoms with Gasteiger partial charge in [0.15, 0.2) is 5.82 Å². The van der Waals surface area contributed by atoms with Crippen molar-refractivity contribution in [1.82, 2.24) is 10.2 Å². The Bertz CT molecular complexity index is 456. The predicted octanol–water partition coefficient (Wildman–Crippen LogP) is 2.28. The zero-order chi connectivity index (χ0) is 13.3. The van der Waals surface area contributed by atoms with Crippen LogP contribution in [-0.2, 0) is 4.79 Å². The van der Waals surface area contributed by atoms with Crippen molar-refractivity contribution in [2.24, 2.45) is 5.73 Å². The van der Waals surface area contributed by atoms with Gasteiger partial charge in [-0.05, 0) is 25.7 Å². The first-order chi connectivity index (χ1) is 9.17. The minimum Gasteiger partial charge on any atom is -0.317 e. The lowest BCUT2D eigenvalue weighted by molar-refractivity contribution is -0.118. The Balaban J connectivity index is 1.63. The molecule has 2 saturated carbocycles. The molecule has 0 aliphatic heterocycles. The molecule has 5 heteroatoms. The molecule has 5 nitrogen and oxygen atoms in total. The summed E-state index contributed by atoms with van der Waals surface area (Å²) in [6.45, 7) is 0. The Morgan fingerprint density at radius 2 is 2.00 bits per heavy atom. The predicted molar refractivity (Wildman–Crippen MR) is 73.8 cm³/mol. The van der Waals surface area contributed by atoms with Gasteiger partial charge < -0.3 is 11.1 Å². The molecule has 0 unspecified atom stereocenters. The average Bonchev–Trinajstić information content (AvgIpc) is 3.08. The number of H-pyrrole nitrogens is 1. The first-order valence-corrected chi connectivity index (χ1v) is 7.33. The summed E-state index contributed by atoms with van der Waals surface area (Å²) >= 11 is 0. The lowest BCUT2D eigenvalue weighted by Crippen LogP contribution is -2.37. The van der Waals surface area contributed by atoms with Crippen LogP contribution >= 0.6 is 0 Å². The summed E-state index contributed by atoms with van der Waals surface area (Å²) in [4.78, 5) is 11.8. The molecule has 2 fully saturated rings. The van der Waals surface area contributed by atoms with E-state index in [2.05, 4.69) is 15.5 Å². The number of aromatic nitrogens is 2. The van der Waals surface area contributed by atoms with Crippen molar-refractivity contribution in [2.45, 2.75) is 62.8 Å². The van der Waals surface area contributed by atoms with E-state index in [4.69, 9.17) is 5.73 Å². The molecule has 0 spiro atoms. The van der Waals surface area contributed by atoms with Gasteiger partial charge in [0.25, 0.3) is 0 Å². The van der Waals surface area contributed by atoms with E-state index in [0.29, 0.717) is 11.7 Å². The number of carbonyl (C=O) groups excluding carboxylic acids is 1. The Labute approximate surface area is 113 Å². The van der Waals surface area contributed by atoms with Gasteiger partial charge in [-0.15, -0.1) is 0 Å². The second-order valence-electron chi connectivity index (χ2n) is 6.01. The van der Waals surface area contributed by atoms with Gasteiger partial charge in [-0.2, -0.15) is 5.10 Å². The standard InChI is InChI=1S/C14H22N4O/c15-14(7-8-14)13(19)16-12-9-11(17-18-12)10-5-3-1-2-4-6-10/h9-10H,1-8,15H2,(H2,16,17,18,19). The quantitative estimate of drug-likeness (QED) is 0.731. The highest BCUT2D eigenvalue weighted by molar-refractivity contribution is 5.99. The van der Waals surface area contributed by atoms with E-state index in [9.17, 15) is 4.79 Å². The third-order valence-corrected chi connectivity index (χ3v) is 4.38. The molecule has 19 heavy (non-hydrogen) atoms. The monoisotopic (exact) mass is 262 g/mol. The van der Waals surface area contributed by atoms with Crippen LogP contribution < -0.4 is 11.1 Å². The van der Waals surface area contributed by atoms with Gasteiger partial charge in [-0.1, -0.05) is 25.7 Å². The molecule has 1 aromatic heterocycles. The fourth-order valence-corrected chi connectivity index (χ4v) is 2.80. The van der Waals surface area contributed by atoms with Crippen LogP contribution in [0.15, 0.2) is 6.07 Å².